The summed E-state index contributed by atoms with van der Waals surface area (Å²) in [6.07, 6.45) is 6.33. The standard InChI is InChI=1S/C18H25NO3S/c1-11-4-7-15(23(3,21)22)10-16(11)18(20)19-12(2)17-9-13-5-6-14(17)8-13/h4,7,10,12-14,17H,5-6,8-9H2,1-3H3,(H,19,20). The summed E-state index contributed by atoms with van der Waals surface area (Å²) in [4.78, 5) is 12.8. The summed E-state index contributed by atoms with van der Waals surface area (Å²) < 4.78 is 23.4. The Morgan fingerprint density at radius 3 is 2.57 bits per heavy atom. The Balaban J connectivity index is 1.75. The predicted molar refractivity (Wildman–Crippen MR) is 90.2 cm³/mol. The minimum absolute atomic E-state index is 0.138. The van der Waals surface area contributed by atoms with Gasteiger partial charge < -0.3 is 5.32 Å². The van der Waals surface area contributed by atoms with Crippen molar-refractivity contribution in [1.82, 2.24) is 5.32 Å². The molecule has 0 saturated heterocycles. The first kappa shape index (κ1) is 16.5. The summed E-state index contributed by atoms with van der Waals surface area (Å²) in [5.41, 5.74) is 1.26. The van der Waals surface area contributed by atoms with Gasteiger partial charge in [-0.15, -0.1) is 0 Å². The summed E-state index contributed by atoms with van der Waals surface area (Å²) in [6.45, 7) is 3.92. The van der Waals surface area contributed by atoms with E-state index >= 15 is 0 Å². The number of carbonyl (C=O) groups excluding carboxylic acids is 1. The van der Waals surface area contributed by atoms with Crippen LogP contribution < -0.4 is 5.32 Å². The molecule has 1 aromatic rings. The number of amides is 1. The molecule has 0 aromatic heterocycles. The normalized spacial score (nSPS) is 27.9. The molecule has 1 aromatic carbocycles. The van der Waals surface area contributed by atoms with Gasteiger partial charge in [-0.3, -0.25) is 4.79 Å². The van der Waals surface area contributed by atoms with E-state index in [0.29, 0.717) is 11.5 Å². The Morgan fingerprint density at radius 1 is 1.26 bits per heavy atom. The summed E-state index contributed by atoms with van der Waals surface area (Å²) in [7, 11) is -3.31. The molecular formula is C18H25NO3S. The van der Waals surface area contributed by atoms with Crippen molar-refractivity contribution in [1.29, 1.82) is 0 Å². The van der Waals surface area contributed by atoms with Crippen LogP contribution in [0.25, 0.3) is 0 Å². The molecule has 2 aliphatic rings. The number of hydrogen-bond donors (Lipinski definition) is 1. The number of benzene rings is 1. The van der Waals surface area contributed by atoms with Crippen LogP contribution in [0, 0.1) is 24.7 Å². The van der Waals surface area contributed by atoms with Crippen LogP contribution in [0.15, 0.2) is 23.1 Å². The maximum absolute atomic E-state index is 12.6. The Labute approximate surface area is 138 Å². The Morgan fingerprint density at radius 2 is 2.00 bits per heavy atom. The Bertz CT molecular complexity index is 726. The van der Waals surface area contributed by atoms with Crippen LogP contribution in [0.1, 0.15) is 48.5 Å². The maximum Gasteiger partial charge on any atom is 0.251 e. The molecule has 0 aliphatic heterocycles. The fourth-order valence-corrected chi connectivity index (χ4v) is 5.02. The Hall–Kier alpha value is -1.36. The number of hydrogen-bond acceptors (Lipinski definition) is 3. The zero-order valence-corrected chi connectivity index (χ0v) is 14.8. The van der Waals surface area contributed by atoms with Gasteiger partial charge in [0, 0.05) is 17.9 Å². The highest BCUT2D eigenvalue weighted by Gasteiger charge is 2.42. The lowest BCUT2D eigenvalue weighted by molar-refractivity contribution is 0.0914. The van der Waals surface area contributed by atoms with Crippen molar-refractivity contribution in [2.45, 2.75) is 50.5 Å². The second-order valence-corrected chi connectivity index (χ2v) is 9.37. The van der Waals surface area contributed by atoms with Crippen LogP contribution >= 0.6 is 0 Å². The molecule has 3 rings (SSSR count). The van der Waals surface area contributed by atoms with Crippen molar-refractivity contribution in [3.63, 3.8) is 0 Å². The van der Waals surface area contributed by atoms with Crippen LogP contribution in [0.3, 0.4) is 0 Å². The van der Waals surface area contributed by atoms with Gasteiger partial charge in [-0.05, 0) is 68.6 Å². The summed E-state index contributed by atoms with van der Waals surface area (Å²) in [5.74, 6) is 2.00. The quantitative estimate of drug-likeness (QED) is 0.920. The molecule has 2 aliphatic carbocycles. The molecule has 23 heavy (non-hydrogen) atoms. The smallest absolute Gasteiger partial charge is 0.251 e. The van der Waals surface area contributed by atoms with E-state index in [1.807, 2.05) is 6.92 Å². The van der Waals surface area contributed by atoms with E-state index in [1.54, 1.807) is 12.1 Å². The molecular weight excluding hydrogens is 310 g/mol. The van der Waals surface area contributed by atoms with E-state index in [4.69, 9.17) is 0 Å². The third kappa shape index (κ3) is 3.30. The van der Waals surface area contributed by atoms with E-state index < -0.39 is 9.84 Å². The molecule has 0 radical (unpaired) electrons. The lowest BCUT2D eigenvalue weighted by atomic mass is 9.84. The van der Waals surface area contributed by atoms with Crippen molar-refractivity contribution < 1.29 is 13.2 Å². The second kappa shape index (κ2) is 5.93. The minimum atomic E-state index is -3.31. The molecule has 0 spiro atoms. The molecule has 126 valence electrons. The highest BCUT2D eigenvalue weighted by atomic mass is 32.2. The van der Waals surface area contributed by atoms with Crippen LogP contribution in [0.5, 0.6) is 0 Å². The van der Waals surface area contributed by atoms with E-state index in [0.717, 1.165) is 23.7 Å². The third-order valence-electron chi connectivity index (χ3n) is 5.68. The van der Waals surface area contributed by atoms with Gasteiger partial charge in [0.25, 0.3) is 5.91 Å². The SMILES string of the molecule is Cc1ccc(S(C)(=O)=O)cc1C(=O)NC(C)C1CC2CCC1C2. The zero-order chi connectivity index (χ0) is 16.8. The fraction of sp³-hybridized carbons (Fsp3) is 0.611. The maximum atomic E-state index is 12.6. The van der Waals surface area contributed by atoms with Gasteiger partial charge in [-0.1, -0.05) is 12.5 Å². The highest BCUT2D eigenvalue weighted by Crippen LogP contribution is 2.49. The molecule has 1 amide bonds. The number of aryl methyl sites for hydroxylation is 1. The fourth-order valence-electron chi connectivity index (χ4n) is 4.37. The molecule has 2 fully saturated rings. The summed E-state index contributed by atoms with van der Waals surface area (Å²) >= 11 is 0. The van der Waals surface area contributed by atoms with Crippen LogP contribution in [0.4, 0.5) is 0 Å². The van der Waals surface area contributed by atoms with Crippen LogP contribution in [0.2, 0.25) is 0 Å². The Kier molecular flexibility index (Phi) is 4.25. The van der Waals surface area contributed by atoms with Crippen molar-refractivity contribution in [3.05, 3.63) is 29.3 Å². The number of fused-ring (bicyclic) bond motifs is 2. The lowest BCUT2D eigenvalue weighted by Crippen LogP contribution is -2.40. The van der Waals surface area contributed by atoms with E-state index in [9.17, 15) is 13.2 Å². The second-order valence-electron chi connectivity index (χ2n) is 7.35. The summed E-state index contributed by atoms with van der Waals surface area (Å²) in [5, 5.41) is 3.11. The summed E-state index contributed by atoms with van der Waals surface area (Å²) in [6, 6.07) is 4.89. The van der Waals surface area contributed by atoms with Gasteiger partial charge in [0.15, 0.2) is 9.84 Å². The molecule has 2 saturated carbocycles. The van der Waals surface area contributed by atoms with Crippen molar-refractivity contribution in [2.24, 2.45) is 17.8 Å². The third-order valence-corrected chi connectivity index (χ3v) is 6.79. The molecule has 0 heterocycles. The predicted octanol–water partition coefficient (Wildman–Crippen LogP) is 2.95. The van der Waals surface area contributed by atoms with Crippen molar-refractivity contribution >= 4 is 15.7 Å². The zero-order valence-electron chi connectivity index (χ0n) is 14.0. The minimum Gasteiger partial charge on any atom is -0.349 e. The van der Waals surface area contributed by atoms with Crippen molar-refractivity contribution in [2.75, 3.05) is 6.26 Å². The van der Waals surface area contributed by atoms with Crippen molar-refractivity contribution in [3.8, 4) is 0 Å². The topological polar surface area (TPSA) is 63.2 Å². The average Bonchev–Trinajstić information content (AvgIpc) is 3.08. The lowest BCUT2D eigenvalue weighted by Gasteiger charge is -2.28. The van der Waals surface area contributed by atoms with Gasteiger partial charge >= 0.3 is 0 Å². The highest BCUT2D eigenvalue weighted by molar-refractivity contribution is 7.90. The van der Waals surface area contributed by atoms with Gasteiger partial charge in [0.2, 0.25) is 0 Å². The van der Waals surface area contributed by atoms with Gasteiger partial charge in [-0.25, -0.2) is 8.42 Å². The number of nitrogens with one attached hydrogen (secondary N) is 1. The number of carbonyl (C=O) groups is 1. The van der Waals surface area contributed by atoms with Crippen LogP contribution in [-0.4, -0.2) is 26.6 Å². The average molecular weight is 335 g/mol. The van der Waals surface area contributed by atoms with Gasteiger partial charge in [0.05, 0.1) is 4.90 Å². The van der Waals surface area contributed by atoms with E-state index in [1.165, 1.54) is 31.7 Å². The molecule has 1 N–H and O–H groups in total. The molecule has 4 unspecified atom stereocenters. The van der Waals surface area contributed by atoms with E-state index in [2.05, 4.69) is 12.2 Å². The van der Waals surface area contributed by atoms with Crippen LogP contribution in [-0.2, 0) is 9.84 Å². The van der Waals surface area contributed by atoms with Gasteiger partial charge in [0.1, 0.15) is 0 Å². The first-order chi connectivity index (χ1) is 10.8. The van der Waals surface area contributed by atoms with E-state index in [-0.39, 0.29) is 16.8 Å². The monoisotopic (exact) mass is 335 g/mol. The molecule has 4 atom stereocenters. The van der Waals surface area contributed by atoms with Gasteiger partial charge in [-0.2, -0.15) is 0 Å². The molecule has 5 heteroatoms. The molecule has 2 bridgehead atoms. The largest absolute Gasteiger partial charge is 0.349 e. The number of rotatable bonds is 4. The first-order valence-corrected chi connectivity index (χ1v) is 10.3. The first-order valence-electron chi connectivity index (χ1n) is 8.37. The molecule has 4 nitrogen and oxygen atoms in total. The number of sulfone groups is 1.